The third-order valence-corrected chi connectivity index (χ3v) is 4.19. The van der Waals surface area contributed by atoms with Crippen LogP contribution >= 0.6 is 11.6 Å². The van der Waals surface area contributed by atoms with Crippen LogP contribution < -0.4 is 16.2 Å². The lowest BCUT2D eigenvalue weighted by Crippen LogP contribution is -2.48. The Hall–Kier alpha value is -1.60. The summed E-state index contributed by atoms with van der Waals surface area (Å²) < 4.78 is 5.50. The smallest absolute Gasteiger partial charge is 0.327 e. The number of aromatic nitrogens is 2. The van der Waals surface area contributed by atoms with Gasteiger partial charge in [-0.15, -0.1) is 0 Å². The summed E-state index contributed by atoms with van der Waals surface area (Å²) in [6, 6.07) is 0.0346. The number of hydrogen-bond acceptors (Lipinski definition) is 6. The molecule has 1 aromatic heterocycles. The summed E-state index contributed by atoms with van der Waals surface area (Å²) in [4.78, 5) is 25.3. The topological polar surface area (TPSA) is 90.5 Å². The van der Waals surface area contributed by atoms with Gasteiger partial charge in [-0.3, -0.25) is 9.59 Å². The van der Waals surface area contributed by atoms with Gasteiger partial charge in [0.05, 0.1) is 19.0 Å². The predicted molar refractivity (Wildman–Crippen MR) is 79.5 cm³/mol. The third kappa shape index (κ3) is 3.36. The number of ether oxygens (including phenoxy) is 1. The van der Waals surface area contributed by atoms with Crippen LogP contribution in [-0.2, 0) is 16.1 Å². The minimum Gasteiger partial charge on any atom is -0.468 e. The van der Waals surface area contributed by atoms with Gasteiger partial charge in [0, 0.05) is 19.1 Å². The fourth-order valence-electron chi connectivity index (χ4n) is 2.29. The van der Waals surface area contributed by atoms with Crippen LogP contribution in [0.25, 0.3) is 0 Å². The van der Waals surface area contributed by atoms with Crippen LogP contribution in [0, 0.1) is 5.92 Å². The van der Waals surface area contributed by atoms with Crippen molar-refractivity contribution < 1.29 is 9.53 Å². The van der Waals surface area contributed by atoms with Crippen molar-refractivity contribution in [2.75, 3.05) is 25.1 Å². The van der Waals surface area contributed by atoms with Gasteiger partial charge in [0.1, 0.15) is 11.6 Å². The molecule has 2 atom stereocenters. The van der Waals surface area contributed by atoms with E-state index in [2.05, 4.69) is 16.8 Å². The van der Waals surface area contributed by atoms with E-state index in [0.717, 1.165) is 17.6 Å². The van der Waals surface area contributed by atoms with Crippen molar-refractivity contribution in [2.45, 2.75) is 25.9 Å². The Morgan fingerprint density at radius 2 is 2.33 bits per heavy atom. The Labute approximate surface area is 127 Å². The van der Waals surface area contributed by atoms with E-state index in [-0.39, 0.29) is 17.6 Å². The maximum atomic E-state index is 12.1. The van der Waals surface area contributed by atoms with Crippen LogP contribution in [-0.4, -0.2) is 42.0 Å². The zero-order chi connectivity index (χ0) is 15.6. The van der Waals surface area contributed by atoms with Crippen LogP contribution in [0.15, 0.2) is 11.0 Å². The fraction of sp³-hybridized carbons (Fsp3) is 0.615. The van der Waals surface area contributed by atoms with E-state index in [1.165, 1.54) is 13.3 Å². The molecule has 0 spiro atoms. The lowest BCUT2D eigenvalue weighted by atomic mass is 9.94. The molecule has 0 aliphatic carbocycles. The second-order valence-corrected chi connectivity index (χ2v) is 5.64. The lowest BCUT2D eigenvalue weighted by molar-refractivity contribution is -0.141. The van der Waals surface area contributed by atoms with Crippen molar-refractivity contribution in [1.82, 2.24) is 9.78 Å². The monoisotopic (exact) mass is 314 g/mol. The summed E-state index contributed by atoms with van der Waals surface area (Å²) in [5.41, 5.74) is 6.11. The first kappa shape index (κ1) is 15.8. The standard InChI is InChI=1S/C13H19ClN4O3/c1-8-3-4-17(6-9(8)15)10-5-16-18(7-11(19)21-2)13(20)12(10)14/h5,8-9H,3-4,6-7,15H2,1-2H3. The van der Waals surface area contributed by atoms with Crippen LogP contribution in [0.4, 0.5) is 5.69 Å². The molecule has 7 nitrogen and oxygen atoms in total. The van der Waals surface area contributed by atoms with Gasteiger partial charge in [-0.25, -0.2) is 4.68 Å². The number of hydrogen-bond donors (Lipinski definition) is 1. The number of carbonyl (C=O) groups is 1. The number of anilines is 1. The van der Waals surface area contributed by atoms with Crippen molar-refractivity contribution in [3.8, 4) is 0 Å². The molecule has 1 aromatic rings. The molecule has 21 heavy (non-hydrogen) atoms. The van der Waals surface area contributed by atoms with Gasteiger partial charge in [-0.05, 0) is 12.3 Å². The molecule has 2 rings (SSSR count). The average molecular weight is 315 g/mol. The van der Waals surface area contributed by atoms with E-state index in [1.807, 2.05) is 4.90 Å². The quantitative estimate of drug-likeness (QED) is 0.804. The van der Waals surface area contributed by atoms with Crippen LogP contribution in [0.2, 0.25) is 5.02 Å². The van der Waals surface area contributed by atoms with Gasteiger partial charge in [-0.1, -0.05) is 18.5 Å². The maximum absolute atomic E-state index is 12.1. The van der Waals surface area contributed by atoms with Crippen LogP contribution in [0.5, 0.6) is 0 Å². The number of piperidine rings is 1. The summed E-state index contributed by atoms with van der Waals surface area (Å²) in [7, 11) is 1.25. The molecule has 2 unspecified atom stereocenters. The van der Waals surface area contributed by atoms with Gasteiger partial charge < -0.3 is 15.4 Å². The SMILES string of the molecule is COC(=O)Cn1ncc(N2CCC(C)C(N)C2)c(Cl)c1=O. The van der Waals surface area contributed by atoms with Crippen molar-refractivity contribution in [3.05, 3.63) is 21.6 Å². The Kier molecular flexibility index (Phi) is 4.84. The number of carbonyl (C=O) groups excluding carboxylic acids is 1. The van der Waals surface area contributed by atoms with Crippen LogP contribution in [0.3, 0.4) is 0 Å². The number of nitrogens with zero attached hydrogens (tertiary/aromatic N) is 3. The summed E-state index contributed by atoms with van der Waals surface area (Å²) >= 11 is 6.13. The molecular formula is C13H19ClN4O3. The minimum atomic E-state index is -0.553. The Morgan fingerprint density at radius 3 is 2.95 bits per heavy atom. The Bertz CT molecular complexity index is 589. The minimum absolute atomic E-state index is 0.0346. The number of methoxy groups -OCH3 is 1. The second-order valence-electron chi connectivity index (χ2n) is 5.26. The highest BCUT2D eigenvalue weighted by atomic mass is 35.5. The van der Waals surface area contributed by atoms with Gasteiger partial charge in [0.15, 0.2) is 0 Å². The van der Waals surface area contributed by atoms with E-state index in [4.69, 9.17) is 17.3 Å². The van der Waals surface area contributed by atoms with E-state index in [1.54, 1.807) is 0 Å². The second kappa shape index (κ2) is 6.44. The van der Waals surface area contributed by atoms with Gasteiger partial charge in [0.2, 0.25) is 0 Å². The molecule has 2 heterocycles. The van der Waals surface area contributed by atoms with Gasteiger partial charge >= 0.3 is 5.97 Å². The number of nitrogens with two attached hydrogens (primary N) is 1. The molecule has 1 aliphatic heterocycles. The van der Waals surface area contributed by atoms with Gasteiger partial charge in [0.25, 0.3) is 5.56 Å². The van der Waals surface area contributed by atoms with Crippen molar-refractivity contribution in [3.63, 3.8) is 0 Å². The molecular weight excluding hydrogens is 296 g/mol. The molecule has 1 saturated heterocycles. The first-order valence-corrected chi connectivity index (χ1v) is 7.14. The molecule has 0 bridgehead atoms. The number of rotatable bonds is 3. The Balaban J connectivity index is 2.25. The molecule has 1 aliphatic rings. The van der Waals surface area contributed by atoms with Crippen LogP contribution in [0.1, 0.15) is 13.3 Å². The van der Waals surface area contributed by atoms with E-state index < -0.39 is 11.5 Å². The summed E-state index contributed by atoms with van der Waals surface area (Å²) in [5, 5.41) is 4.03. The number of halogens is 1. The van der Waals surface area contributed by atoms with E-state index in [9.17, 15) is 9.59 Å². The molecule has 0 radical (unpaired) electrons. The van der Waals surface area contributed by atoms with Crippen molar-refractivity contribution in [1.29, 1.82) is 0 Å². The summed E-state index contributed by atoms with van der Waals surface area (Å²) in [6.07, 6.45) is 2.43. The first-order valence-electron chi connectivity index (χ1n) is 6.77. The third-order valence-electron chi connectivity index (χ3n) is 3.83. The largest absolute Gasteiger partial charge is 0.468 e. The van der Waals surface area contributed by atoms with Gasteiger partial charge in [-0.2, -0.15) is 5.10 Å². The highest BCUT2D eigenvalue weighted by molar-refractivity contribution is 6.33. The molecule has 116 valence electrons. The predicted octanol–water partition coefficient (Wildman–Crippen LogP) is 0.243. The Morgan fingerprint density at radius 1 is 1.62 bits per heavy atom. The molecule has 0 amide bonds. The zero-order valence-electron chi connectivity index (χ0n) is 12.1. The maximum Gasteiger partial charge on any atom is 0.327 e. The highest BCUT2D eigenvalue weighted by Gasteiger charge is 2.26. The highest BCUT2D eigenvalue weighted by Crippen LogP contribution is 2.26. The summed E-state index contributed by atoms with van der Waals surface area (Å²) in [5.74, 6) is -0.116. The van der Waals surface area contributed by atoms with Crippen molar-refractivity contribution in [2.24, 2.45) is 11.7 Å². The molecule has 0 aromatic carbocycles. The first-order chi connectivity index (χ1) is 9.93. The molecule has 1 fully saturated rings. The fourth-order valence-corrected chi connectivity index (χ4v) is 2.56. The molecule has 2 N–H and O–H groups in total. The zero-order valence-corrected chi connectivity index (χ0v) is 12.8. The molecule has 8 heteroatoms. The lowest BCUT2D eigenvalue weighted by Gasteiger charge is -2.36. The number of esters is 1. The molecule has 0 saturated carbocycles. The van der Waals surface area contributed by atoms with E-state index >= 15 is 0 Å². The van der Waals surface area contributed by atoms with Crippen molar-refractivity contribution >= 4 is 23.3 Å². The summed E-state index contributed by atoms with van der Waals surface area (Å²) in [6.45, 7) is 3.25. The normalized spacial score (nSPS) is 22.2. The average Bonchev–Trinajstić information content (AvgIpc) is 2.47. The van der Waals surface area contributed by atoms with E-state index in [0.29, 0.717) is 18.2 Å².